The van der Waals surface area contributed by atoms with Crippen molar-refractivity contribution in [3.05, 3.63) is 77.7 Å². The molecule has 3 aromatic carbocycles. The molecule has 3 heterocycles. The minimum absolute atomic E-state index is 0.0383. The fourth-order valence-corrected chi connectivity index (χ4v) is 6.78. The van der Waals surface area contributed by atoms with E-state index < -0.39 is 0 Å². The van der Waals surface area contributed by atoms with Crippen LogP contribution < -0.4 is 0 Å². The average molecular weight is 478 g/mol. The van der Waals surface area contributed by atoms with Gasteiger partial charge in [0.25, 0.3) is 0 Å². The van der Waals surface area contributed by atoms with E-state index in [4.69, 9.17) is 9.40 Å². The predicted octanol–water partition coefficient (Wildman–Crippen LogP) is 9.82. The number of thiophene rings is 1. The smallest absolute Gasteiger partial charge is 0.136 e. The molecule has 3 aromatic heterocycles. The minimum Gasteiger partial charge on any atom is -0.461 e. The number of hydrogen-bond donors (Lipinski definition) is 0. The number of aromatic nitrogens is 1. The summed E-state index contributed by atoms with van der Waals surface area (Å²) in [6, 6.07) is 19.9. The fourth-order valence-electron chi connectivity index (χ4n) is 5.38. The van der Waals surface area contributed by atoms with Gasteiger partial charge in [-0.2, -0.15) is 0 Å². The molecular formula is C32H31NOS. The highest BCUT2D eigenvalue weighted by molar-refractivity contribution is 7.27. The molecule has 35 heavy (non-hydrogen) atoms. The molecule has 0 saturated carbocycles. The normalized spacial score (nSPS) is 12.7. The number of fused-ring (bicyclic) bond motifs is 6. The van der Waals surface area contributed by atoms with Crippen molar-refractivity contribution in [1.82, 2.24) is 4.98 Å². The van der Waals surface area contributed by atoms with E-state index >= 15 is 0 Å². The van der Waals surface area contributed by atoms with Crippen LogP contribution in [0.1, 0.15) is 51.5 Å². The molecule has 0 aliphatic rings. The lowest BCUT2D eigenvalue weighted by Gasteiger charge is -2.22. The van der Waals surface area contributed by atoms with Gasteiger partial charge in [-0.3, -0.25) is 4.98 Å². The molecule has 0 fully saturated rings. The van der Waals surface area contributed by atoms with Crippen LogP contribution in [-0.4, -0.2) is 4.98 Å². The van der Waals surface area contributed by atoms with Crippen LogP contribution in [0.15, 0.2) is 65.2 Å². The standard InChI is InChI=1S/C32H31NOS/c1-18(2)15-27-19(3)28-26(34-27)12-11-23-24-13-14-33-29(31(24)35-30(23)28)21-16-20-9-7-8-10-22(20)25(17-21)32(4,5)6/h7-14,16-18H,15H2,1-6H3. The summed E-state index contributed by atoms with van der Waals surface area (Å²) < 4.78 is 8.87. The zero-order valence-electron chi connectivity index (χ0n) is 21.3. The summed E-state index contributed by atoms with van der Waals surface area (Å²) in [6.07, 6.45) is 2.93. The largest absolute Gasteiger partial charge is 0.461 e. The molecule has 0 unspecified atom stereocenters. The second-order valence-electron chi connectivity index (χ2n) is 11.2. The molecule has 0 aliphatic carbocycles. The molecule has 0 saturated heterocycles. The molecule has 0 bridgehead atoms. The third-order valence-electron chi connectivity index (χ3n) is 7.08. The van der Waals surface area contributed by atoms with Gasteiger partial charge in [0.15, 0.2) is 0 Å². The summed E-state index contributed by atoms with van der Waals surface area (Å²) in [4.78, 5) is 4.94. The van der Waals surface area contributed by atoms with Crippen LogP contribution in [0.4, 0.5) is 0 Å². The quantitative estimate of drug-likeness (QED) is 0.253. The van der Waals surface area contributed by atoms with Crippen molar-refractivity contribution < 1.29 is 4.42 Å². The average Bonchev–Trinajstić information content (AvgIpc) is 3.34. The second-order valence-corrected chi connectivity index (χ2v) is 12.2. The number of hydrogen-bond acceptors (Lipinski definition) is 3. The molecule has 6 aromatic rings. The van der Waals surface area contributed by atoms with Crippen molar-refractivity contribution in [2.75, 3.05) is 0 Å². The van der Waals surface area contributed by atoms with Gasteiger partial charge in [-0.05, 0) is 70.5 Å². The lowest BCUT2D eigenvalue weighted by Crippen LogP contribution is -2.12. The van der Waals surface area contributed by atoms with E-state index in [1.165, 1.54) is 53.0 Å². The van der Waals surface area contributed by atoms with Gasteiger partial charge in [0.05, 0.1) is 10.4 Å². The number of pyridine rings is 1. The maximum Gasteiger partial charge on any atom is 0.136 e. The molecule has 0 aliphatic heterocycles. The molecule has 3 heteroatoms. The molecule has 0 spiro atoms. The van der Waals surface area contributed by atoms with Crippen molar-refractivity contribution in [1.29, 1.82) is 0 Å². The summed E-state index contributed by atoms with van der Waals surface area (Å²) in [5.74, 6) is 1.68. The fraction of sp³-hybridized carbons (Fsp3) is 0.281. The Hall–Kier alpha value is -3.17. The Bertz CT molecular complexity index is 1740. The van der Waals surface area contributed by atoms with Crippen LogP contribution in [0.3, 0.4) is 0 Å². The number of nitrogens with zero attached hydrogens (tertiary/aromatic N) is 1. The molecular weight excluding hydrogens is 446 g/mol. The van der Waals surface area contributed by atoms with Crippen molar-refractivity contribution in [2.45, 2.75) is 53.4 Å². The number of benzene rings is 3. The monoisotopic (exact) mass is 477 g/mol. The maximum atomic E-state index is 6.32. The molecule has 0 N–H and O–H groups in total. The van der Waals surface area contributed by atoms with E-state index in [1.54, 1.807) is 0 Å². The van der Waals surface area contributed by atoms with Gasteiger partial charge in [0.2, 0.25) is 0 Å². The van der Waals surface area contributed by atoms with Crippen LogP contribution in [0.5, 0.6) is 0 Å². The zero-order chi connectivity index (χ0) is 24.5. The zero-order valence-corrected chi connectivity index (χ0v) is 22.1. The van der Waals surface area contributed by atoms with E-state index in [-0.39, 0.29) is 5.41 Å². The Morgan fingerprint density at radius 3 is 2.46 bits per heavy atom. The first-order valence-electron chi connectivity index (χ1n) is 12.5. The first kappa shape index (κ1) is 22.3. The summed E-state index contributed by atoms with van der Waals surface area (Å²) in [6.45, 7) is 13.6. The first-order chi connectivity index (χ1) is 16.7. The summed E-state index contributed by atoms with van der Waals surface area (Å²) in [7, 11) is 0. The number of rotatable bonds is 3. The van der Waals surface area contributed by atoms with Gasteiger partial charge in [0.1, 0.15) is 11.3 Å². The highest BCUT2D eigenvalue weighted by Gasteiger charge is 2.22. The van der Waals surface area contributed by atoms with E-state index in [2.05, 4.69) is 96.1 Å². The molecule has 176 valence electrons. The van der Waals surface area contributed by atoms with Crippen molar-refractivity contribution >= 4 is 53.3 Å². The van der Waals surface area contributed by atoms with Gasteiger partial charge in [-0.25, -0.2) is 0 Å². The van der Waals surface area contributed by atoms with Gasteiger partial charge in [0, 0.05) is 39.0 Å². The highest BCUT2D eigenvalue weighted by atomic mass is 32.1. The minimum atomic E-state index is 0.0383. The summed E-state index contributed by atoms with van der Waals surface area (Å²) >= 11 is 1.86. The topological polar surface area (TPSA) is 26.0 Å². The van der Waals surface area contributed by atoms with Crippen LogP contribution in [0.2, 0.25) is 0 Å². The van der Waals surface area contributed by atoms with Gasteiger partial charge in [-0.15, -0.1) is 11.3 Å². The van der Waals surface area contributed by atoms with Crippen molar-refractivity contribution in [3.8, 4) is 11.3 Å². The van der Waals surface area contributed by atoms with E-state index in [9.17, 15) is 0 Å². The summed E-state index contributed by atoms with van der Waals surface area (Å²) in [5.41, 5.74) is 5.92. The van der Waals surface area contributed by atoms with Crippen molar-refractivity contribution in [3.63, 3.8) is 0 Å². The second kappa shape index (κ2) is 7.93. The predicted molar refractivity (Wildman–Crippen MR) is 152 cm³/mol. The maximum absolute atomic E-state index is 6.32. The molecule has 0 atom stereocenters. The van der Waals surface area contributed by atoms with Gasteiger partial charge in [-0.1, -0.05) is 58.9 Å². The van der Waals surface area contributed by atoms with E-state index in [0.717, 1.165) is 23.5 Å². The number of furan rings is 1. The Labute approximate surface area is 210 Å². The molecule has 0 amide bonds. The lowest BCUT2D eigenvalue weighted by atomic mass is 9.82. The lowest BCUT2D eigenvalue weighted by molar-refractivity contribution is 0.496. The van der Waals surface area contributed by atoms with Crippen LogP contribution >= 0.6 is 11.3 Å². The Balaban J connectivity index is 1.65. The molecule has 6 rings (SSSR count). The van der Waals surface area contributed by atoms with Gasteiger partial charge >= 0.3 is 0 Å². The van der Waals surface area contributed by atoms with E-state index in [0.29, 0.717) is 5.92 Å². The Kier molecular flexibility index (Phi) is 5.05. The molecule has 2 nitrogen and oxygen atoms in total. The SMILES string of the molecule is Cc1c(CC(C)C)oc2ccc3c4ccnc(-c5cc(C(C)(C)C)c6ccccc6c5)c4sc3c12. The van der Waals surface area contributed by atoms with E-state index in [1.807, 2.05) is 17.5 Å². The molecule has 0 radical (unpaired) electrons. The van der Waals surface area contributed by atoms with Crippen LogP contribution in [-0.2, 0) is 11.8 Å². The third-order valence-corrected chi connectivity index (χ3v) is 8.33. The summed E-state index contributed by atoms with van der Waals surface area (Å²) in [5, 5.41) is 6.41. The Morgan fingerprint density at radius 1 is 0.914 bits per heavy atom. The Morgan fingerprint density at radius 2 is 1.69 bits per heavy atom. The number of aryl methyl sites for hydroxylation is 1. The first-order valence-corrected chi connectivity index (χ1v) is 13.3. The third kappa shape index (κ3) is 3.56. The van der Waals surface area contributed by atoms with Crippen LogP contribution in [0, 0.1) is 12.8 Å². The van der Waals surface area contributed by atoms with Crippen LogP contribution in [0.25, 0.3) is 53.2 Å². The van der Waals surface area contributed by atoms with Crippen molar-refractivity contribution in [2.24, 2.45) is 5.92 Å². The highest BCUT2D eigenvalue weighted by Crippen LogP contribution is 2.45. The van der Waals surface area contributed by atoms with Gasteiger partial charge < -0.3 is 4.42 Å².